The molecular formula is C50H53N9O9S. The van der Waals surface area contributed by atoms with Crippen molar-refractivity contribution in [2.24, 2.45) is 0 Å². The first kappa shape index (κ1) is 47.2. The topological polar surface area (TPSA) is 205 Å². The van der Waals surface area contributed by atoms with Gasteiger partial charge in [-0.25, -0.2) is 9.97 Å². The summed E-state index contributed by atoms with van der Waals surface area (Å²) in [4.78, 5) is 94.9. The van der Waals surface area contributed by atoms with Gasteiger partial charge in [0.2, 0.25) is 5.91 Å². The van der Waals surface area contributed by atoms with Gasteiger partial charge in [-0.3, -0.25) is 49.2 Å². The third-order valence-electron chi connectivity index (χ3n) is 12.9. The van der Waals surface area contributed by atoms with E-state index in [0.717, 1.165) is 65.7 Å². The number of piperazine rings is 1. The molecule has 9 rings (SSSR count). The van der Waals surface area contributed by atoms with Gasteiger partial charge in [-0.05, 0) is 60.4 Å². The molecule has 0 spiro atoms. The number of carbonyl (C=O) groups is 6. The highest BCUT2D eigenvalue weighted by Crippen LogP contribution is 2.38. The first-order valence-corrected chi connectivity index (χ1v) is 23.9. The van der Waals surface area contributed by atoms with E-state index in [4.69, 9.17) is 19.2 Å². The molecule has 6 amide bonds. The summed E-state index contributed by atoms with van der Waals surface area (Å²) in [6, 6.07) is 23.4. The van der Waals surface area contributed by atoms with E-state index >= 15 is 0 Å². The molecule has 69 heavy (non-hydrogen) atoms. The Bertz CT molecular complexity index is 2700. The molecule has 3 N–H and O–H groups in total. The average molecular weight is 956 g/mol. The van der Waals surface area contributed by atoms with Crippen molar-refractivity contribution in [3.8, 4) is 11.1 Å². The second-order valence-corrected chi connectivity index (χ2v) is 18.2. The predicted octanol–water partition coefficient (Wildman–Crippen LogP) is 4.62. The number of anilines is 3. The quantitative estimate of drug-likeness (QED) is 0.0720. The molecule has 6 heterocycles. The van der Waals surface area contributed by atoms with Crippen molar-refractivity contribution in [3.05, 3.63) is 124 Å². The summed E-state index contributed by atoms with van der Waals surface area (Å²) in [5.74, 6) is -1.83. The lowest BCUT2D eigenvalue weighted by Crippen LogP contribution is -2.62. The van der Waals surface area contributed by atoms with Gasteiger partial charge in [0.25, 0.3) is 29.5 Å². The summed E-state index contributed by atoms with van der Waals surface area (Å²) in [5, 5.41) is 10.6. The van der Waals surface area contributed by atoms with E-state index in [1.165, 1.54) is 18.3 Å². The SMILES string of the molecule is CC1(N2C(=O)c3cccc(NCCOCCOCCOCCN4CCN(c5ccc(-c6ccc7c(c6)C(=O)N(C(C(=O)Nc6nccs6)c6ccccc6)C7)cn5)CC4)c3C2=O)CCC(=O)NC1=O. The molecule has 2 fully saturated rings. The lowest BCUT2D eigenvalue weighted by Gasteiger charge is -2.38. The molecule has 0 radical (unpaired) electrons. The van der Waals surface area contributed by atoms with Crippen molar-refractivity contribution in [2.45, 2.75) is 37.9 Å². The molecule has 3 aromatic carbocycles. The van der Waals surface area contributed by atoms with Gasteiger partial charge in [0.1, 0.15) is 17.4 Å². The highest BCUT2D eigenvalue weighted by Gasteiger charge is 2.53. The maximum Gasteiger partial charge on any atom is 0.264 e. The number of hydrogen-bond donors (Lipinski definition) is 3. The van der Waals surface area contributed by atoms with Crippen LogP contribution >= 0.6 is 11.3 Å². The number of aromatic nitrogens is 2. The van der Waals surface area contributed by atoms with Gasteiger partial charge in [0, 0.05) is 86.8 Å². The van der Waals surface area contributed by atoms with Crippen LogP contribution in [-0.2, 0) is 35.1 Å². The first-order valence-electron chi connectivity index (χ1n) is 23.1. The van der Waals surface area contributed by atoms with Crippen molar-refractivity contribution in [1.82, 2.24) is 30.0 Å². The molecule has 0 bridgehead atoms. The number of fused-ring (bicyclic) bond motifs is 2. The fourth-order valence-corrected chi connectivity index (χ4v) is 9.64. The number of pyridine rings is 1. The molecule has 2 atom stereocenters. The van der Waals surface area contributed by atoms with Crippen molar-refractivity contribution in [3.63, 3.8) is 0 Å². The standard InChI is InChI=1S/C50H53N9O9S/c1-50(15-14-41(60)54-48(50)65)59-46(63)37-8-5-9-39(42(37)47(59)64)51-16-23-66-25-27-68-28-26-67-24-22-56-18-20-57(21-19-56)40-13-12-35(31-53-40)34-10-11-36-32-58(45(62)38(36)30-34)43(33-6-3-2-4-7-33)44(61)55-49-52-17-29-69-49/h2-13,17,29-31,43,51H,14-16,18-28,32H2,1H3,(H,52,55,61)(H,54,60,65). The van der Waals surface area contributed by atoms with E-state index in [0.29, 0.717) is 69.1 Å². The maximum absolute atomic E-state index is 13.9. The second kappa shape index (κ2) is 21.2. The van der Waals surface area contributed by atoms with Crippen molar-refractivity contribution < 1.29 is 43.0 Å². The number of amides is 6. The molecule has 2 aromatic heterocycles. The average Bonchev–Trinajstić information content (AvgIpc) is 4.07. The van der Waals surface area contributed by atoms with Crippen LogP contribution in [0.1, 0.15) is 68.0 Å². The van der Waals surface area contributed by atoms with Crippen molar-refractivity contribution >= 4 is 63.4 Å². The molecule has 18 nitrogen and oxygen atoms in total. The monoisotopic (exact) mass is 955 g/mol. The molecule has 0 aliphatic carbocycles. The predicted molar refractivity (Wildman–Crippen MR) is 257 cm³/mol. The molecule has 5 aromatic rings. The number of benzene rings is 3. The first-order chi connectivity index (χ1) is 33.6. The van der Waals surface area contributed by atoms with Gasteiger partial charge in [0.15, 0.2) is 5.13 Å². The third kappa shape index (κ3) is 10.3. The number of ether oxygens (including phenoxy) is 3. The number of hydrogen-bond acceptors (Lipinski definition) is 15. The number of rotatable bonds is 20. The van der Waals surface area contributed by atoms with Gasteiger partial charge in [-0.2, -0.15) is 0 Å². The number of thiazole rings is 1. The van der Waals surface area contributed by atoms with Crippen LogP contribution < -0.4 is 20.9 Å². The minimum Gasteiger partial charge on any atom is -0.382 e. The molecule has 2 unspecified atom stereocenters. The van der Waals surface area contributed by atoms with E-state index in [2.05, 4.69) is 30.7 Å². The van der Waals surface area contributed by atoms with Gasteiger partial charge >= 0.3 is 0 Å². The zero-order chi connectivity index (χ0) is 47.9. The fourth-order valence-electron chi connectivity index (χ4n) is 9.11. The lowest BCUT2D eigenvalue weighted by molar-refractivity contribution is -0.141. The Morgan fingerprint density at radius 2 is 1.55 bits per heavy atom. The normalized spacial score (nSPS) is 18.6. The Morgan fingerprint density at radius 1 is 0.797 bits per heavy atom. The number of imide groups is 2. The van der Waals surface area contributed by atoms with E-state index < -0.39 is 35.2 Å². The highest BCUT2D eigenvalue weighted by atomic mass is 32.1. The Hall–Kier alpha value is -6.90. The summed E-state index contributed by atoms with van der Waals surface area (Å²) < 4.78 is 17.2. The molecule has 0 saturated carbocycles. The molecule has 19 heteroatoms. The van der Waals surface area contributed by atoms with Gasteiger partial charge in [0.05, 0.1) is 50.8 Å². The van der Waals surface area contributed by atoms with Gasteiger partial charge < -0.3 is 29.3 Å². The minimum atomic E-state index is -1.45. The summed E-state index contributed by atoms with van der Waals surface area (Å²) in [5.41, 5.74) is 3.38. The lowest BCUT2D eigenvalue weighted by atomic mass is 9.89. The van der Waals surface area contributed by atoms with Crippen LogP contribution in [-0.4, -0.2) is 145 Å². The van der Waals surface area contributed by atoms with Crippen LogP contribution in [0.25, 0.3) is 11.1 Å². The molecular weight excluding hydrogens is 903 g/mol. The summed E-state index contributed by atoms with van der Waals surface area (Å²) in [6.45, 7) is 9.03. The Balaban J connectivity index is 0.647. The van der Waals surface area contributed by atoms with E-state index in [-0.39, 0.29) is 35.8 Å². The van der Waals surface area contributed by atoms with Gasteiger partial charge in [-0.1, -0.05) is 48.5 Å². The van der Waals surface area contributed by atoms with Crippen molar-refractivity contribution in [1.29, 1.82) is 0 Å². The largest absolute Gasteiger partial charge is 0.382 e. The van der Waals surface area contributed by atoms with E-state index in [1.807, 2.05) is 66.9 Å². The van der Waals surface area contributed by atoms with Gasteiger partial charge in [-0.15, -0.1) is 11.3 Å². The van der Waals surface area contributed by atoms with Crippen LogP contribution in [0.5, 0.6) is 0 Å². The zero-order valence-corrected chi connectivity index (χ0v) is 39.0. The van der Waals surface area contributed by atoms with Crippen molar-refractivity contribution in [2.75, 3.05) is 94.4 Å². The Morgan fingerprint density at radius 3 is 2.28 bits per heavy atom. The zero-order valence-electron chi connectivity index (χ0n) is 38.2. The van der Waals surface area contributed by atoms with Crippen LogP contribution in [0.2, 0.25) is 0 Å². The number of nitrogens with one attached hydrogen (secondary N) is 3. The molecule has 358 valence electrons. The third-order valence-corrected chi connectivity index (χ3v) is 13.6. The minimum absolute atomic E-state index is 0.0390. The van der Waals surface area contributed by atoms with E-state index in [1.54, 1.807) is 34.7 Å². The van der Waals surface area contributed by atoms with E-state index in [9.17, 15) is 28.8 Å². The summed E-state index contributed by atoms with van der Waals surface area (Å²) in [7, 11) is 0. The number of nitrogens with zero attached hydrogens (tertiary/aromatic N) is 6. The second-order valence-electron chi connectivity index (χ2n) is 17.3. The Labute approximate surface area is 402 Å². The summed E-state index contributed by atoms with van der Waals surface area (Å²) >= 11 is 1.33. The molecule has 4 aliphatic rings. The number of piperidine rings is 1. The number of carbonyl (C=O) groups excluding carboxylic acids is 6. The maximum atomic E-state index is 13.9. The highest BCUT2D eigenvalue weighted by molar-refractivity contribution is 7.13. The van der Waals surface area contributed by atoms with Crippen LogP contribution in [0.3, 0.4) is 0 Å². The molecule has 4 aliphatic heterocycles. The van der Waals surface area contributed by atoms with Crippen LogP contribution in [0.15, 0.2) is 96.6 Å². The molecule has 2 saturated heterocycles. The van der Waals surface area contributed by atoms with Crippen LogP contribution in [0, 0.1) is 0 Å². The smallest absolute Gasteiger partial charge is 0.264 e. The fraction of sp³-hybridized carbons (Fsp3) is 0.360. The van der Waals surface area contributed by atoms with Crippen LogP contribution in [0.4, 0.5) is 16.6 Å². The summed E-state index contributed by atoms with van der Waals surface area (Å²) in [6.07, 6.45) is 3.58. The Kier molecular flexibility index (Phi) is 14.5.